The lowest BCUT2D eigenvalue weighted by molar-refractivity contribution is -0.0288. The maximum Gasteiger partial charge on any atom is 0.105 e. The van der Waals surface area contributed by atoms with Crippen LogP contribution in [0.15, 0.2) is 30.3 Å². The molecule has 2 fully saturated rings. The van der Waals surface area contributed by atoms with E-state index in [-0.39, 0.29) is 6.10 Å². The molecule has 4 heteroatoms. The Morgan fingerprint density at radius 3 is 2.64 bits per heavy atom. The number of likely N-dealkylation sites (tertiary alicyclic amines) is 1. The lowest BCUT2D eigenvalue weighted by Gasteiger charge is -2.35. The standard InChI is InChI=1S/C18H28N2O2/c1-15-18(21,9-12-22-15)14-19-17-7-10-20(11-8-17)13-16-5-3-2-4-6-16/h2-6,15,17,19,21H,7-14H2,1H3. The summed E-state index contributed by atoms with van der Waals surface area (Å²) in [5.74, 6) is 0. The molecule has 2 aliphatic heterocycles. The summed E-state index contributed by atoms with van der Waals surface area (Å²) in [7, 11) is 0. The zero-order chi connectivity index (χ0) is 15.4. The molecule has 2 atom stereocenters. The first-order valence-electron chi connectivity index (χ1n) is 8.49. The van der Waals surface area contributed by atoms with E-state index >= 15 is 0 Å². The van der Waals surface area contributed by atoms with Gasteiger partial charge >= 0.3 is 0 Å². The smallest absolute Gasteiger partial charge is 0.105 e. The van der Waals surface area contributed by atoms with Crippen molar-refractivity contribution in [3.63, 3.8) is 0 Å². The van der Waals surface area contributed by atoms with Crippen molar-refractivity contribution in [1.29, 1.82) is 0 Å². The number of benzene rings is 1. The van der Waals surface area contributed by atoms with Gasteiger partial charge in [0.2, 0.25) is 0 Å². The summed E-state index contributed by atoms with van der Waals surface area (Å²) in [6, 6.07) is 11.2. The monoisotopic (exact) mass is 304 g/mol. The van der Waals surface area contributed by atoms with E-state index in [0.717, 1.165) is 38.9 Å². The highest BCUT2D eigenvalue weighted by Crippen LogP contribution is 2.25. The predicted octanol–water partition coefficient (Wildman–Crippen LogP) is 1.78. The van der Waals surface area contributed by atoms with Gasteiger partial charge in [-0.3, -0.25) is 4.90 Å². The Morgan fingerprint density at radius 1 is 1.27 bits per heavy atom. The Hall–Kier alpha value is -0.940. The van der Waals surface area contributed by atoms with Crippen molar-refractivity contribution in [3.8, 4) is 0 Å². The number of rotatable bonds is 5. The number of hydrogen-bond acceptors (Lipinski definition) is 4. The van der Waals surface area contributed by atoms with Crippen LogP contribution in [0.1, 0.15) is 31.7 Å². The number of piperidine rings is 1. The zero-order valence-corrected chi connectivity index (χ0v) is 13.5. The van der Waals surface area contributed by atoms with E-state index in [1.807, 2.05) is 6.92 Å². The van der Waals surface area contributed by atoms with Gasteiger partial charge in [-0.1, -0.05) is 30.3 Å². The molecule has 2 saturated heterocycles. The Labute approximate surface area is 133 Å². The van der Waals surface area contributed by atoms with Gasteiger partial charge in [0.25, 0.3) is 0 Å². The van der Waals surface area contributed by atoms with Crippen molar-refractivity contribution in [3.05, 3.63) is 35.9 Å². The summed E-state index contributed by atoms with van der Waals surface area (Å²) in [4.78, 5) is 2.52. The van der Waals surface area contributed by atoms with Gasteiger partial charge in [0, 0.05) is 32.2 Å². The first-order chi connectivity index (χ1) is 10.7. The molecule has 1 aromatic rings. The minimum Gasteiger partial charge on any atom is -0.386 e. The first kappa shape index (κ1) is 15.9. The van der Waals surface area contributed by atoms with Crippen LogP contribution < -0.4 is 5.32 Å². The summed E-state index contributed by atoms with van der Waals surface area (Å²) >= 11 is 0. The fourth-order valence-corrected chi connectivity index (χ4v) is 3.46. The maximum atomic E-state index is 10.5. The Morgan fingerprint density at radius 2 is 2.00 bits per heavy atom. The van der Waals surface area contributed by atoms with Gasteiger partial charge in [-0.25, -0.2) is 0 Å². The van der Waals surface area contributed by atoms with Crippen LogP contribution in [0, 0.1) is 0 Å². The van der Waals surface area contributed by atoms with Crippen LogP contribution in [-0.2, 0) is 11.3 Å². The molecule has 0 spiro atoms. The van der Waals surface area contributed by atoms with Crippen LogP contribution in [0.5, 0.6) is 0 Å². The van der Waals surface area contributed by atoms with Crippen molar-refractivity contribution >= 4 is 0 Å². The third-order valence-electron chi connectivity index (χ3n) is 5.19. The molecule has 3 rings (SSSR count). The number of nitrogens with one attached hydrogen (secondary N) is 1. The summed E-state index contributed by atoms with van der Waals surface area (Å²) in [5, 5.41) is 14.1. The molecule has 122 valence electrons. The highest BCUT2D eigenvalue weighted by atomic mass is 16.5. The van der Waals surface area contributed by atoms with Gasteiger partial charge in [0.1, 0.15) is 5.60 Å². The van der Waals surface area contributed by atoms with E-state index in [2.05, 4.69) is 40.5 Å². The summed E-state index contributed by atoms with van der Waals surface area (Å²) < 4.78 is 5.49. The topological polar surface area (TPSA) is 44.7 Å². The van der Waals surface area contributed by atoms with E-state index in [1.54, 1.807) is 0 Å². The molecule has 4 nitrogen and oxygen atoms in total. The van der Waals surface area contributed by atoms with Crippen LogP contribution in [-0.4, -0.2) is 54.0 Å². The number of aliphatic hydroxyl groups is 1. The number of ether oxygens (including phenoxy) is 1. The molecule has 0 aromatic heterocycles. The van der Waals surface area contributed by atoms with Crippen molar-refractivity contribution in [2.75, 3.05) is 26.2 Å². The molecule has 22 heavy (non-hydrogen) atoms. The Kier molecular flexibility index (Phi) is 5.14. The largest absolute Gasteiger partial charge is 0.386 e. The van der Waals surface area contributed by atoms with E-state index in [1.165, 1.54) is 5.56 Å². The van der Waals surface area contributed by atoms with Gasteiger partial charge in [0.15, 0.2) is 0 Å². The van der Waals surface area contributed by atoms with Gasteiger partial charge in [0.05, 0.1) is 6.10 Å². The lowest BCUT2D eigenvalue weighted by Crippen LogP contribution is -2.51. The minimum atomic E-state index is -0.679. The average Bonchev–Trinajstić information content (AvgIpc) is 2.87. The second-order valence-electron chi connectivity index (χ2n) is 6.78. The molecule has 2 N–H and O–H groups in total. The average molecular weight is 304 g/mol. The lowest BCUT2D eigenvalue weighted by atomic mass is 9.95. The molecule has 0 amide bonds. The van der Waals surface area contributed by atoms with Crippen molar-refractivity contribution in [1.82, 2.24) is 10.2 Å². The van der Waals surface area contributed by atoms with Crippen LogP contribution in [0.25, 0.3) is 0 Å². The van der Waals surface area contributed by atoms with Gasteiger partial charge in [-0.15, -0.1) is 0 Å². The molecule has 1 aromatic carbocycles. The molecule has 2 aliphatic rings. The van der Waals surface area contributed by atoms with Crippen molar-refractivity contribution in [2.45, 2.75) is 50.5 Å². The maximum absolute atomic E-state index is 10.5. The van der Waals surface area contributed by atoms with Crippen molar-refractivity contribution in [2.24, 2.45) is 0 Å². The molecular formula is C18H28N2O2. The fourth-order valence-electron chi connectivity index (χ4n) is 3.46. The van der Waals surface area contributed by atoms with Gasteiger partial charge in [-0.2, -0.15) is 0 Å². The molecule has 0 radical (unpaired) electrons. The van der Waals surface area contributed by atoms with E-state index < -0.39 is 5.60 Å². The predicted molar refractivity (Wildman–Crippen MR) is 87.7 cm³/mol. The third kappa shape index (κ3) is 3.87. The van der Waals surface area contributed by atoms with E-state index in [4.69, 9.17) is 4.74 Å². The normalized spacial score (nSPS) is 30.7. The summed E-state index contributed by atoms with van der Waals surface area (Å²) in [5.41, 5.74) is 0.710. The SMILES string of the molecule is CC1OCCC1(O)CNC1CCN(Cc2ccccc2)CC1. The number of nitrogens with zero attached hydrogens (tertiary/aromatic N) is 1. The van der Waals surface area contributed by atoms with Crippen LogP contribution in [0.3, 0.4) is 0 Å². The molecular weight excluding hydrogens is 276 g/mol. The van der Waals surface area contributed by atoms with E-state index in [9.17, 15) is 5.11 Å². The molecule has 2 heterocycles. The highest BCUT2D eigenvalue weighted by molar-refractivity contribution is 5.14. The Balaban J connectivity index is 1.40. The molecule has 0 bridgehead atoms. The van der Waals surface area contributed by atoms with Crippen LogP contribution in [0.2, 0.25) is 0 Å². The fraction of sp³-hybridized carbons (Fsp3) is 0.667. The molecule has 2 unspecified atom stereocenters. The second kappa shape index (κ2) is 7.09. The van der Waals surface area contributed by atoms with E-state index in [0.29, 0.717) is 19.2 Å². The van der Waals surface area contributed by atoms with Crippen LogP contribution >= 0.6 is 0 Å². The van der Waals surface area contributed by atoms with Gasteiger partial charge < -0.3 is 15.2 Å². The first-order valence-corrected chi connectivity index (χ1v) is 8.49. The van der Waals surface area contributed by atoms with Crippen LogP contribution in [0.4, 0.5) is 0 Å². The summed E-state index contributed by atoms with van der Waals surface area (Å²) in [6.07, 6.45) is 2.99. The highest BCUT2D eigenvalue weighted by Gasteiger charge is 2.39. The third-order valence-corrected chi connectivity index (χ3v) is 5.19. The quantitative estimate of drug-likeness (QED) is 0.870. The number of hydrogen-bond donors (Lipinski definition) is 2. The minimum absolute atomic E-state index is 0.0573. The molecule has 0 saturated carbocycles. The summed E-state index contributed by atoms with van der Waals surface area (Å²) in [6.45, 7) is 6.58. The van der Waals surface area contributed by atoms with Crippen molar-refractivity contribution < 1.29 is 9.84 Å². The van der Waals surface area contributed by atoms with Gasteiger partial charge in [-0.05, 0) is 38.4 Å². The molecule has 0 aliphatic carbocycles. The Bertz CT molecular complexity index is 459. The zero-order valence-electron chi connectivity index (χ0n) is 13.5. The second-order valence-corrected chi connectivity index (χ2v) is 6.78.